The first-order valence-corrected chi connectivity index (χ1v) is 14.2. The SMILES string of the molecule is O=P(N[C@@H](c1ccc(Cl)cc1)P(=O)(OCC(F)(F)F)OCC(F)(F)F)(c1ccccc1)c1ccccc1. The fourth-order valence-corrected chi connectivity index (χ4v) is 8.25. The van der Waals surface area contributed by atoms with Gasteiger partial charge in [-0.15, -0.1) is 0 Å². The number of alkyl halides is 6. The Bertz CT molecular complexity index is 1190. The Balaban J connectivity index is 2.19. The Morgan fingerprint density at radius 3 is 1.49 bits per heavy atom. The summed E-state index contributed by atoms with van der Waals surface area (Å²) >= 11 is 5.89. The highest BCUT2D eigenvalue weighted by Crippen LogP contribution is 2.63. The number of halogens is 7. The van der Waals surface area contributed by atoms with Gasteiger partial charge in [0.1, 0.15) is 5.78 Å². The standard InChI is InChI=1S/C23H20ClF6NO4P2/c24-18-13-11-17(12-14-18)21(37(33,34-15-22(25,26)27)35-16-23(28,29)30)31-36(32,19-7-3-1-4-8-19)20-9-5-2-6-10-20/h1-14,21H,15-16H2,(H,31,32)/t21-/m1/s1. The third-order valence-corrected chi connectivity index (χ3v) is 10.0. The van der Waals surface area contributed by atoms with Crippen molar-refractivity contribution in [3.63, 3.8) is 0 Å². The molecule has 0 heterocycles. The fraction of sp³-hybridized carbons (Fsp3) is 0.217. The fourth-order valence-electron chi connectivity index (χ4n) is 3.23. The third-order valence-electron chi connectivity index (χ3n) is 4.86. The van der Waals surface area contributed by atoms with Crippen molar-refractivity contribution < 1.29 is 44.5 Å². The number of nitrogens with one attached hydrogen (secondary N) is 1. The lowest BCUT2D eigenvalue weighted by Crippen LogP contribution is -2.32. The molecule has 1 N–H and O–H groups in total. The van der Waals surface area contributed by atoms with Crippen molar-refractivity contribution in [2.45, 2.75) is 18.1 Å². The van der Waals surface area contributed by atoms with Gasteiger partial charge in [0.15, 0.2) is 13.2 Å². The van der Waals surface area contributed by atoms with Crippen LogP contribution in [0.1, 0.15) is 11.3 Å². The molecule has 0 bridgehead atoms. The molecule has 0 saturated heterocycles. The van der Waals surface area contributed by atoms with Gasteiger partial charge in [0.25, 0.3) is 0 Å². The molecule has 5 nitrogen and oxygen atoms in total. The molecule has 0 radical (unpaired) electrons. The quantitative estimate of drug-likeness (QED) is 0.201. The second-order valence-electron chi connectivity index (χ2n) is 7.68. The van der Waals surface area contributed by atoms with Crippen LogP contribution in [0.15, 0.2) is 84.9 Å². The van der Waals surface area contributed by atoms with Crippen molar-refractivity contribution in [2.24, 2.45) is 0 Å². The molecule has 0 fully saturated rings. The van der Waals surface area contributed by atoms with E-state index in [9.17, 15) is 35.5 Å². The van der Waals surface area contributed by atoms with Crippen molar-refractivity contribution in [2.75, 3.05) is 13.2 Å². The van der Waals surface area contributed by atoms with E-state index in [1.807, 2.05) is 0 Å². The summed E-state index contributed by atoms with van der Waals surface area (Å²) in [5, 5.41) is 3.06. The lowest BCUT2D eigenvalue weighted by atomic mass is 10.2. The first kappa shape index (κ1) is 29.4. The van der Waals surface area contributed by atoms with Crippen molar-refractivity contribution in [3.05, 3.63) is 95.5 Å². The molecule has 200 valence electrons. The Hall–Kier alpha value is -2.13. The molecule has 0 amide bonds. The number of benzene rings is 3. The maximum atomic E-state index is 14.5. The van der Waals surface area contributed by atoms with Gasteiger partial charge < -0.3 is 0 Å². The summed E-state index contributed by atoms with van der Waals surface area (Å²) in [5.41, 5.74) is -0.121. The first-order valence-electron chi connectivity index (χ1n) is 10.5. The van der Waals surface area contributed by atoms with E-state index in [1.165, 1.54) is 48.5 Å². The average Bonchev–Trinajstić information content (AvgIpc) is 2.86. The molecule has 37 heavy (non-hydrogen) atoms. The van der Waals surface area contributed by atoms with Crippen molar-refractivity contribution in [1.82, 2.24) is 5.09 Å². The minimum absolute atomic E-state index is 0.121. The molecular formula is C23H20ClF6NO4P2. The van der Waals surface area contributed by atoms with Crippen LogP contribution in [0.2, 0.25) is 5.02 Å². The molecule has 3 rings (SSSR count). The predicted octanol–water partition coefficient (Wildman–Crippen LogP) is 7.21. The van der Waals surface area contributed by atoms with Crippen LogP contribution in [-0.2, 0) is 18.2 Å². The molecule has 14 heteroatoms. The molecule has 0 spiro atoms. The smallest absolute Gasteiger partial charge is 0.298 e. The molecular weight excluding hydrogens is 566 g/mol. The summed E-state index contributed by atoms with van der Waals surface area (Å²) < 4.78 is 116. The van der Waals surface area contributed by atoms with Crippen LogP contribution in [0.25, 0.3) is 0 Å². The molecule has 1 atom stereocenters. The van der Waals surface area contributed by atoms with Crippen LogP contribution in [-0.4, -0.2) is 25.6 Å². The monoisotopic (exact) mass is 585 g/mol. The van der Waals surface area contributed by atoms with Gasteiger partial charge in [-0.2, -0.15) is 26.3 Å². The summed E-state index contributed by atoms with van der Waals surface area (Å²) in [7, 11) is -9.42. The highest BCUT2D eigenvalue weighted by molar-refractivity contribution is 7.77. The molecule has 0 aliphatic carbocycles. The summed E-state index contributed by atoms with van der Waals surface area (Å²) in [4.78, 5) is 0. The van der Waals surface area contributed by atoms with Gasteiger partial charge in [-0.25, -0.2) is 5.09 Å². The topological polar surface area (TPSA) is 64.6 Å². The van der Waals surface area contributed by atoms with E-state index in [-0.39, 0.29) is 21.2 Å². The summed E-state index contributed by atoms with van der Waals surface area (Å²) in [5.74, 6) is -2.01. The van der Waals surface area contributed by atoms with Crippen molar-refractivity contribution in [1.29, 1.82) is 0 Å². The lowest BCUT2D eigenvalue weighted by Gasteiger charge is -2.32. The van der Waals surface area contributed by atoms with Gasteiger partial charge in [-0.05, 0) is 42.0 Å². The molecule has 0 aromatic heterocycles. The van der Waals surface area contributed by atoms with Gasteiger partial charge >= 0.3 is 19.9 Å². The number of hydrogen-bond acceptors (Lipinski definition) is 4. The lowest BCUT2D eigenvalue weighted by molar-refractivity contribution is -0.165. The van der Waals surface area contributed by atoms with E-state index in [2.05, 4.69) is 14.1 Å². The number of rotatable bonds is 10. The van der Waals surface area contributed by atoms with E-state index >= 15 is 0 Å². The number of hydrogen-bond donors (Lipinski definition) is 1. The summed E-state index contributed by atoms with van der Waals surface area (Å²) in [6, 6.07) is 20.2. The van der Waals surface area contributed by atoms with E-state index in [0.717, 1.165) is 0 Å². The van der Waals surface area contributed by atoms with Crippen LogP contribution in [0, 0.1) is 0 Å². The van der Waals surface area contributed by atoms with Crippen molar-refractivity contribution >= 4 is 37.1 Å². The van der Waals surface area contributed by atoms with Crippen LogP contribution >= 0.6 is 26.5 Å². The van der Waals surface area contributed by atoms with Crippen LogP contribution < -0.4 is 15.7 Å². The normalized spacial score (nSPS) is 13.9. The van der Waals surface area contributed by atoms with Gasteiger partial charge in [-0.3, -0.25) is 18.2 Å². The minimum atomic E-state index is -5.36. The second kappa shape index (κ2) is 11.7. The Morgan fingerprint density at radius 2 is 1.11 bits per heavy atom. The zero-order valence-electron chi connectivity index (χ0n) is 18.7. The van der Waals surface area contributed by atoms with E-state index in [4.69, 9.17) is 11.6 Å². The van der Waals surface area contributed by atoms with Crippen LogP contribution in [0.5, 0.6) is 0 Å². The Kier molecular flexibility index (Phi) is 9.32. The second-order valence-corrected chi connectivity index (χ2v) is 12.7. The third kappa shape index (κ3) is 8.18. The van der Waals surface area contributed by atoms with E-state index in [0.29, 0.717) is 0 Å². The molecule has 3 aromatic rings. The van der Waals surface area contributed by atoms with Crippen LogP contribution in [0.3, 0.4) is 0 Å². The Morgan fingerprint density at radius 1 is 0.703 bits per heavy atom. The first-order chi connectivity index (χ1) is 17.2. The van der Waals surface area contributed by atoms with Crippen molar-refractivity contribution in [3.8, 4) is 0 Å². The van der Waals surface area contributed by atoms with E-state index in [1.54, 1.807) is 36.4 Å². The van der Waals surface area contributed by atoms with Gasteiger partial charge in [0.2, 0.25) is 7.29 Å². The molecule has 0 unspecified atom stereocenters. The van der Waals surface area contributed by atoms with Gasteiger partial charge in [-0.1, -0.05) is 60.1 Å². The van der Waals surface area contributed by atoms with Gasteiger partial charge in [0, 0.05) is 15.6 Å². The van der Waals surface area contributed by atoms with Gasteiger partial charge in [0.05, 0.1) is 0 Å². The van der Waals surface area contributed by atoms with E-state index < -0.39 is 46.2 Å². The zero-order chi connectivity index (χ0) is 27.3. The predicted molar refractivity (Wildman–Crippen MR) is 129 cm³/mol. The molecule has 0 saturated carbocycles. The van der Waals surface area contributed by atoms with Crippen LogP contribution in [0.4, 0.5) is 26.3 Å². The maximum absolute atomic E-state index is 14.5. The molecule has 0 aliphatic rings. The highest BCUT2D eigenvalue weighted by atomic mass is 35.5. The largest absolute Gasteiger partial charge is 0.412 e. The summed E-state index contributed by atoms with van der Waals surface area (Å²) in [6.07, 6.45) is -10.1. The minimum Gasteiger partial charge on any atom is -0.298 e. The maximum Gasteiger partial charge on any atom is 0.412 e. The average molecular weight is 586 g/mol. The molecule has 3 aromatic carbocycles. The highest BCUT2D eigenvalue weighted by Gasteiger charge is 2.47. The molecule has 0 aliphatic heterocycles. The Labute approximate surface area is 213 Å². The summed E-state index contributed by atoms with van der Waals surface area (Å²) in [6.45, 7) is -4.34. The zero-order valence-corrected chi connectivity index (χ0v) is 21.3.